The molecule has 0 amide bonds. The van der Waals surface area contributed by atoms with Gasteiger partial charge in [-0.15, -0.1) is 0 Å². The van der Waals surface area contributed by atoms with Gasteiger partial charge in [0.1, 0.15) is 5.75 Å². The van der Waals surface area contributed by atoms with Crippen LogP contribution in [0.15, 0.2) is 48.5 Å². The second-order valence-electron chi connectivity index (χ2n) is 7.86. The fourth-order valence-electron chi connectivity index (χ4n) is 3.59. The minimum atomic E-state index is 0.222. The molecule has 0 aliphatic carbocycles. The summed E-state index contributed by atoms with van der Waals surface area (Å²) in [6.07, 6.45) is 17.4. The molecule has 2 nitrogen and oxygen atoms in total. The number of phenolic OH excluding ortho intramolecular Hbond substituents is 1. The monoisotopic (exact) mass is 382 g/mol. The van der Waals surface area contributed by atoms with E-state index in [-0.39, 0.29) is 5.75 Å². The molecule has 28 heavy (non-hydrogen) atoms. The Balaban J connectivity index is 1.53. The van der Waals surface area contributed by atoms with Crippen LogP contribution in [0.1, 0.15) is 89.5 Å². The summed E-state index contributed by atoms with van der Waals surface area (Å²) in [7, 11) is 0. The van der Waals surface area contributed by atoms with Crippen molar-refractivity contribution in [1.29, 1.82) is 0 Å². The number of hydrogen-bond acceptors (Lipinski definition) is 2. The van der Waals surface area contributed by atoms with Gasteiger partial charge in [0.05, 0.1) is 0 Å². The molecule has 0 radical (unpaired) electrons. The largest absolute Gasteiger partial charge is 0.504 e. The number of unbranched alkanes of at least 4 members (excludes halogenated alkanes) is 11. The van der Waals surface area contributed by atoms with Crippen LogP contribution in [0.5, 0.6) is 17.2 Å². The summed E-state index contributed by atoms with van der Waals surface area (Å²) in [5, 5.41) is 10.2. The van der Waals surface area contributed by atoms with Crippen LogP contribution in [0.3, 0.4) is 0 Å². The highest BCUT2D eigenvalue weighted by Crippen LogP contribution is 2.31. The zero-order valence-corrected chi connectivity index (χ0v) is 17.7. The fraction of sp³-hybridized carbons (Fsp3) is 0.538. The number of rotatable bonds is 15. The van der Waals surface area contributed by atoms with Crippen LogP contribution in [-0.2, 0) is 6.42 Å². The molecule has 0 atom stereocenters. The molecular formula is C26H38O2. The number of para-hydroxylation sites is 1. The maximum absolute atomic E-state index is 10.2. The van der Waals surface area contributed by atoms with E-state index >= 15 is 0 Å². The van der Waals surface area contributed by atoms with Gasteiger partial charge in [-0.2, -0.15) is 0 Å². The molecule has 0 unspecified atom stereocenters. The summed E-state index contributed by atoms with van der Waals surface area (Å²) in [6.45, 7) is 2.28. The highest BCUT2D eigenvalue weighted by Gasteiger charge is 2.05. The SMILES string of the molecule is CCCCCCCCCCCCCCc1ccc(Oc2ccccc2)c(O)c1. The summed E-state index contributed by atoms with van der Waals surface area (Å²) < 4.78 is 5.73. The van der Waals surface area contributed by atoms with Crippen LogP contribution in [0.25, 0.3) is 0 Å². The lowest BCUT2D eigenvalue weighted by Crippen LogP contribution is -1.89. The number of aryl methyl sites for hydroxylation is 1. The van der Waals surface area contributed by atoms with Gasteiger partial charge in [-0.25, -0.2) is 0 Å². The quantitative estimate of drug-likeness (QED) is 0.313. The summed E-state index contributed by atoms with van der Waals surface area (Å²) in [5.41, 5.74) is 1.19. The Morgan fingerprint density at radius 2 is 1.25 bits per heavy atom. The Kier molecular flexibility index (Phi) is 11.2. The predicted molar refractivity (Wildman–Crippen MR) is 119 cm³/mol. The number of ether oxygens (including phenoxy) is 1. The van der Waals surface area contributed by atoms with Gasteiger partial charge >= 0.3 is 0 Å². The lowest BCUT2D eigenvalue weighted by Gasteiger charge is -2.09. The van der Waals surface area contributed by atoms with Crippen molar-refractivity contribution in [2.24, 2.45) is 0 Å². The Morgan fingerprint density at radius 1 is 0.679 bits per heavy atom. The van der Waals surface area contributed by atoms with E-state index in [1.54, 1.807) is 0 Å². The first-order chi connectivity index (χ1) is 13.8. The predicted octanol–water partition coefficient (Wildman–Crippen LogP) is 8.43. The van der Waals surface area contributed by atoms with E-state index in [2.05, 4.69) is 13.0 Å². The van der Waals surface area contributed by atoms with E-state index in [1.807, 2.05) is 42.5 Å². The number of aromatic hydroxyl groups is 1. The highest BCUT2D eigenvalue weighted by molar-refractivity contribution is 5.44. The third-order valence-corrected chi connectivity index (χ3v) is 5.31. The van der Waals surface area contributed by atoms with E-state index in [0.717, 1.165) is 12.2 Å². The van der Waals surface area contributed by atoms with Crippen molar-refractivity contribution in [2.45, 2.75) is 90.4 Å². The Bertz CT molecular complexity index is 636. The molecule has 2 heteroatoms. The smallest absolute Gasteiger partial charge is 0.169 e. The molecule has 154 valence electrons. The molecule has 1 N–H and O–H groups in total. The Morgan fingerprint density at radius 3 is 1.82 bits per heavy atom. The van der Waals surface area contributed by atoms with Crippen LogP contribution in [-0.4, -0.2) is 5.11 Å². The van der Waals surface area contributed by atoms with E-state index < -0.39 is 0 Å². The zero-order valence-electron chi connectivity index (χ0n) is 17.7. The average molecular weight is 383 g/mol. The van der Waals surface area contributed by atoms with E-state index in [1.165, 1.54) is 82.6 Å². The summed E-state index contributed by atoms with van der Waals surface area (Å²) >= 11 is 0. The third kappa shape index (κ3) is 9.30. The van der Waals surface area contributed by atoms with Gasteiger partial charge in [-0.05, 0) is 42.7 Å². The molecule has 0 fully saturated rings. The van der Waals surface area contributed by atoms with Crippen LogP contribution in [0.2, 0.25) is 0 Å². The van der Waals surface area contributed by atoms with Crippen LogP contribution >= 0.6 is 0 Å². The van der Waals surface area contributed by atoms with Gasteiger partial charge < -0.3 is 9.84 Å². The van der Waals surface area contributed by atoms with Gasteiger partial charge in [-0.1, -0.05) is 102 Å². The average Bonchev–Trinajstić information content (AvgIpc) is 2.71. The first kappa shape index (κ1) is 22.3. The summed E-state index contributed by atoms with van der Waals surface area (Å²) in [6, 6.07) is 15.4. The van der Waals surface area contributed by atoms with Gasteiger partial charge in [0.15, 0.2) is 11.5 Å². The molecule has 0 saturated carbocycles. The van der Waals surface area contributed by atoms with Gasteiger partial charge in [0.25, 0.3) is 0 Å². The standard InChI is InChI=1S/C26H38O2/c1-2-3-4-5-6-7-8-9-10-11-12-14-17-23-20-21-26(25(27)22-23)28-24-18-15-13-16-19-24/h13,15-16,18-22,27H,2-12,14,17H2,1H3. The molecule has 0 aromatic heterocycles. The number of hydrogen-bond donors (Lipinski definition) is 1. The lowest BCUT2D eigenvalue weighted by molar-refractivity contribution is 0.410. The van der Waals surface area contributed by atoms with Crippen molar-refractivity contribution in [3.63, 3.8) is 0 Å². The molecular weight excluding hydrogens is 344 g/mol. The molecule has 0 bridgehead atoms. The van der Waals surface area contributed by atoms with E-state index in [0.29, 0.717) is 5.75 Å². The maximum atomic E-state index is 10.2. The number of phenols is 1. The topological polar surface area (TPSA) is 29.5 Å². The summed E-state index contributed by atoms with van der Waals surface area (Å²) in [5.74, 6) is 1.48. The molecule has 0 saturated heterocycles. The first-order valence-electron chi connectivity index (χ1n) is 11.3. The molecule has 0 spiro atoms. The van der Waals surface area contributed by atoms with Crippen molar-refractivity contribution in [2.75, 3.05) is 0 Å². The van der Waals surface area contributed by atoms with Crippen molar-refractivity contribution < 1.29 is 9.84 Å². The van der Waals surface area contributed by atoms with Crippen molar-refractivity contribution in [3.8, 4) is 17.2 Å². The van der Waals surface area contributed by atoms with Crippen LogP contribution in [0.4, 0.5) is 0 Å². The molecule has 2 rings (SSSR count). The normalized spacial score (nSPS) is 10.9. The minimum absolute atomic E-state index is 0.222. The second kappa shape index (κ2) is 14.1. The van der Waals surface area contributed by atoms with E-state index in [4.69, 9.17) is 4.74 Å². The van der Waals surface area contributed by atoms with Crippen molar-refractivity contribution in [3.05, 3.63) is 54.1 Å². The molecule has 0 aliphatic rings. The van der Waals surface area contributed by atoms with Crippen molar-refractivity contribution >= 4 is 0 Å². The minimum Gasteiger partial charge on any atom is -0.504 e. The molecule has 0 aliphatic heterocycles. The van der Waals surface area contributed by atoms with Gasteiger partial charge in [-0.3, -0.25) is 0 Å². The van der Waals surface area contributed by atoms with Crippen molar-refractivity contribution in [1.82, 2.24) is 0 Å². The first-order valence-corrected chi connectivity index (χ1v) is 11.3. The summed E-state index contributed by atoms with van der Waals surface area (Å²) in [4.78, 5) is 0. The van der Waals surface area contributed by atoms with Crippen LogP contribution < -0.4 is 4.74 Å². The zero-order chi connectivity index (χ0) is 19.9. The number of benzene rings is 2. The van der Waals surface area contributed by atoms with Gasteiger partial charge in [0.2, 0.25) is 0 Å². The highest BCUT2D eigenvalue weighted by atomic mass is 16.5. The molecule has 2 aromatic carbocycles. The maximum Gasteiger partial charge on any atom is 0.169 e. The Labute approximate surface area is 172 Å². The van der Waals surface area contributed by atoms with Crippen LogP contribution in [0, 0.1) is 0 Å². The molecule has 0 heterocycles. The fourth-order valence-corrected chi connectivity index (χ4v) is 3.59. The lowest BCUT2D eigenvalue weighted by atomic mass is 10.0. The molecule has 2 aromatic rings. The third-order valence-electron chi connectivity index (χ3n) is 5.31. The Hall–Kier alpha value is -1.96. The van der Waals surface area contributed by atoms with E-state index in [9.17, 15) is 5.11 Å². The van der Waals surface area contributed by atoms with Gasteiger partial charge in [0, 0.05) is 0 Å². The second-order valence-corrected chi connectivity index (χ2v) is 7.86.